The highest BCUT2D eigenvalue weighted by Gasteiger charge is 2.59. The molecule has 8 heteroatoms. The first kappa shape index (κ1) is 20.2. The van der Waals surface area contributed by atoms with Crippen LogP contribution in [0.25, 0.3) is 0 Å². The van der Waals surface area contributed by atoms with Crippen LogP contribution >= 0.6 is 0 Å². The van der Waals surface area contributed by atoms with E-state index in [-0.39, 0.29) is 66.1 Å². The molecule has 3 fully saturated rings. The summed E-state index contributed by atoms with van der Waals surface area (Å²) >= 11 is 0. The van der Waals surface area contributed by atoms with Crippen molar-refractivity contribution in [3.63, 3.8) is 0 Å². The van der Waals surface area contributed by atoms with Crippen LogP contribution in [0, 0.1) is 35.3 Å². The van der Waals surface area contributed by atoms with Crippen molar-refractivity contribution in [3.05, 3.63) is 47.5 Å². The molecule has 1 aromatic carbocycles. The highest BCUT2D eigenvalue weighted by Crippen LogP contribution is 2.52. The number of hydrogen-bond donors (Lipinski definition) is 2. The summed E-state index contributed by atoms with van der Waals surface area (Å²) in [7, 11) is 0. The number of imide groups is 1. The van der Waals surface area contributed by atoms with Gasteiger partial charge in [0.1, 0.15) is 11.6 Å². The highest BCUT2D eigenvalue weighted by molar-refractivity contribution is 6.06. The zero-order chi connectivity index (χ0) is 21.7. The van der Waals surface area contributed by atoms with Gasteiger partial charge in [0.05, 0.1) is 18.4 Å². The minimum atomic E-state index is -0.531. The number of allylic oxidation sites excluding steroid dienone is 2. The molecule has 5 rings (SSSR count). The number of likely N-dealkylation sites (tertiary alicyclic amines) is 1. The topological polar surface area (TPSA) is 73.8 Å². The Bertz CT molecular complexity index is 928. The summed E-state index contributed by atoms with van der Waals surface area (Å²) < 4.78 is 28.0. The summed E-state index contributed by atoms with van der Waals surface area (Å²) in [6, 6.07) is 3.80. The number of guanidine groups is 1. The molecule has 1 heterocycles. The van der Waals surface area contributed by atoms with Gasteiger partial charge in [0.2, 0.25) is 11.8 Å². The number of benzene rings is 1. The smallest absolute Gasteiger partial charge is 0.233 e. The molecule has 1 aliphatic heterocycles. The van der Waals surface area contributed by atoms with Crippen LogP contribution in [0.1, 0.15) is 31.2 Å². The van der Waals surface area contributed by atoms with Crippen molar-refractivity contribution < 1.29 is 18.4 Å². The lowest BCUT2D eigenvalue weighted by Gasteiger charge is -2.17. The van der Waals surface area contributed by atoms with E-state index in [1.165, 1.54) is 23.1 Å². The molecule has 6 nitrogen and oxygen atoms in total. The quantitative estimate of drug-likeness (QED) is 0.315. The fourth-order valence-electron chi connectivity index (χ4n) is 5.48. The Labute approximate surface area is 179 Å². The number of aliphatic imine (C=N–C) groups is 1. The monoisotopic (exact) mass is 428 g/mol. The van der Waals surface area contributed by atoms with Gasteiger partial charge in [-0.3, -0.25) is 19.5 Å². The number of fused-ring (bicyclic) bond motifs is 5. The Morgan fingerprint density at radius 1 is 1.10 bits per heavy atom. The van der Waals surface area contributed by atoms with Crippen molar-refractivity contribution in [1.29, 1.82) is 0 Å². The van der Waals surface area contributed by atoms with Crippen LogP contribution in [-0.2, 0) is 9.59 Å². The molecule has 164 valence electrons. The fraction of sp³-hybridized carbons (Fsp3) is 0.522. The van der Waals surface area contributed by atoms with E-state index in [1.54, 1.807) is 0 Å². The molecule has 1 saturated heterocycles. The summed E-state index contributed by atoms with van der Waals surface area (Å²) in [5.41, 5.74) is 0.110. The van der Waals surface area contributed by atoms with E-state index in [2.05, 4.69) is 27.8 Å². The maximum atomic E-state index is 14.0. The van der Waals surface area contributed by atoms with Gasteiger partial charge in [-0.05, 0) is 43.7 Å². The molecular formula is C23H26F2N4O2. The number of amides is 2. The van der Waals surface area contributed by atoms with Crippen LogP contribution in [0.5, 0.6) is 0 Å². The Morgan fingerprint density at radius 3 is 2.35 bits per heavy atom. The predicted octanol–water partition coefficient (Wildman–Crippen LogP) is 2.18. The fourth-order valence-corrected chi connectivity index (χ4v) is 5.48. The van der Waals surface area contributed by atoms with Gasteiger partial charge >= 0.3 is 0 Å². The zero-order valence-corrected chi connectivity index (χ0v) is 17.4. The number of carbonyl (C=O) groups excluding carboxylic acids is 2. The molecule has 0 aromatic heterocycles. The Morgan fingerprint density at radius 2 is 1.74 bits per heavy atom. The summed E-state index contributed by atoms with van der Waals surface area (Å²) in [6.45, 7) is 3.07. The first-order valence-electron chi connectivity index (χ1n) is 11.0. The molecule has 1 aromatic rings. The molecule has 2 bridgehead atoms. The third-order valence-corrected chi connectivity index (χ3v) is 6.98. The first-order valence-corrected chi connectivity index (χ1v) is 11.0. The van der Waals surface area contributed by atoms with Gasteiger partial charge in [-0.15, -0.1) is 0 Å². The lowest BCUT2D eigenvalue weighted by atomic mass is 9.85. The Balaban J connectivity index is 1.20. The van der Waals surface area contributed by atoms with Gasteiger partial charge in [0.25, 0.3) is 0 Å². The number of nitrogens with one attached hydrogen (secondary N) is 2. The van der Waals surface area contributed by atoms with Crippen molar-refractivity contribution in [1.82, 2.24) is 15.5 Å². The summed E-state index contributed by atoms with van der Waals surface area (Å²) in [5, 5.41) is 6.33. The maximum absolute atomic E-state index is 14.0. The molecule has 31 heavy (non-hydrogen) atoms. The largest absolute Gasteiger partial charge is 0.357 e. The molecular weight excluding hydrogens is 402 g/mol. The third kappa shape index (κ3) is 3.42. The van der Waals surface area contributed by atoms with Crippen LogP contribution in [0.4, 0.5) is 8.78 Å². The van der Waals surface area contributed by atoms with Crippen LogP contribution < -0.4 is 10.6 Å². The molecule has 2 amide bonds. The van der Waals surface area contributed by atoms with Gasteiger partial charge in [0.15, 0.2) is 5.96 Å². The minimum Gasteiger partial charge on any atom is -0.357 e. The van der Waals surface area contributed by atoms with Crippen LogP contribution in [-0.4, -0.2) is 48.3 Å². The number of nitrogens with zero attached hydrogens (tertiary/aromatic N) is 2. The maximum Gasteiger partial charge on any atom is 0.233 e. The van der Waals surface area contributed by atoms with Crippen molar-refractivity contribution in [3.8, 4) is 0 Å². The highest BCUT2D eigenvalue weighted by atomic mass is 19.1. The standard InChI is InChI=1S/C23H26F2N4O2/c1-2-26-23(28-17-11-14(17)20-15(24)4-3-5-16(20)25)27-8-9-29-21(30)18-12-6-7-13(10-12)19(18)22(29)31/h3-7,12-14,17-19H,2,8-11H2,1H3,(H2,26,27,28). The van der Waals surface area contributed by atoms with E-state index in [0.717, 1.165) is 6.42 Å². The van der Waals surface area contributed by atoms with Crippen LogP contribution in [0.2, 0.25) is 0 Å². The van der Waals surface area contributed by atoms with Gasteiger partial charge < -0.3 is 10.6 Å². The molecule has 3 aliphatic carbocycles. The van der Waals surface area contributed by atoms with E-state index in [4.69, 9.17) is 0 Å². The zero-order valence-electron chi connectivity index (χ0n) is 17.4. The molecule has 2 N–H and O–H groups in total. The van der Waals surface area contributed by atoms with E-state index < -0.39 is 11.6 Å². The Hall–Kier alpha value is -2.77. The van der Waals surface area contributed by atoms with E-state index >= 15 is 0 Å². The molecule has 6 unspecified atom stereocenters. The molecule has 0 spiro atoms. The van der Waals surface area contributed by atoms with Gasteiger partial charge in [-0.2, -0.15) is 0 Å². The van der Waals surface area contributed by atoms with E-state index in [9.17, 15) is 18.4 Å². The van der Waals surface area contributed by atoms with Gasteiger partial charge in [0, 0.05) is 30.6 Å². The molecule has 4 aliphatic rings. The second-order valence-electron chi connectivity index (χ2n) is 8.82. The number of halogens is 2. The SMILES string of the molecule is CCNC(=NCCN1C(=O)C2C3C=CC(C3)C2C1=O)NC1CC1c1c(F)cccc1F. The predicted molar refractivity (Wildman–Crippen MR) is 111 cm³/mol. The second kappa shape index (κ2) is 7.73. The number of hydrogen-bond acceptors (Lipinski definition) is 3. The summed E-state index contributed by atoms with van der Waals surface area (Å²) in [5.74, 6) is -0.917. The van der Waals surface area contributed by atoms with Crippen molar-refractivity contribution in [2.24, 2.45) is 28.7 Å². The number of carbonyl (C=O) groups is 2. The second-order valence-corrected chi connectivity index (χ2v) is 8.82. The molecule has 2 saturated carbocycles. The Kier molecular flexibility index (Phi) is 5.02. The van der Waals surface area contributed by atoms with Crippen molar-refractivity contribution in [2.75, 3.05) is 19.6 Å². The normalized spacial score (nSPS) is 33.3. The number of rotatable bonds is 6. The van der Waals surface area contributed by atoms with Crippen LogP contribution in [0.3, 0.4) is 0 Å². The first-order chi connectivity index (χ1) is 15.0. The summed E-state index contributed by atoms with van der Waals surface area (Å²) in [6.07, 6.45) is 5.69. The third-order valence-electron chi connectivity index (χ3n) is 6.98. The molecule has 0 radical (unpaired) electrons. The van der Waals surface area contributed by atoms with Gasteiger partial charge in [-0.25, -0.2) is 8.78 Å². The molecule has 6 atom stereocenters. The lowest BCUT2D eigenvalue weighted by molar-refractivity contribution is -0.140. The van der Waals surface area contributed by atoms with Crippen molar-refractivity contribution in [2.45, 2.75) is 31.7 Å². The van der Waals surface area contributed by atoms with Gasteiger partial charge in [-0.1, -0.05) is 18.2 Å². The van der Waals surface area contributed by atoms with E-state index in [1.807, 2.05) is 6.92 Å². The van der Waals surface area contributed by atoms with Crippen LogP contribution in [0.15, 0.2) is 35.3 Å². The minimum absolute atomic E-state index is 0.0719. The average Bonchev–Trinajstić information content (AvgIpc) is 3.08. The average molecular weight is 428 g/mol. The van der Waals surface area contributed by atoms with E-state index in [0.29, 0.717) is 18.9 Å². The van der Waals surface area contributed by atoms with Crippen molar-refractivity contribution >= 4 is 17.8 Å². The summed E-state index contributed by atoms with van der Waals surface area (Å²) in [4.78, 5) is 31.4. The lowest BCUT2D eigenvalue weighted by Crippen LogP contribution is -2.40.